The maximum atomic E-state index is 10.8. The molecule has 3 N–H and O–H groups in total. The number of hydrogen-bond donors (Lipinski definition) is 2. The molecule has 0 rings (SSSR count). The predicted molar refractivity (Wildman–Crippen MR) is 80.4 cm³/mol. The normalized spacial score (nSPS) is 10.2. The summed E-state index contributed by atoms with van der Waals surface area (Å²) in [6, 6.07) is 0. The number of hydrogen-bond acceptors (Lipinski definition) is 6. The lowest BCUT2D eigenvalue weighted by atomic mass is 10.4. The van der Waals surface area contributed by atoms with Crippen LogP contribution in [0.1, 0.15) is 12.8 Å². The van der Waals surface area contributed by atoms with E-state index in [1.165, 1.54) is 6.08 Å². The van der Waals surface area contributed by atoms with Crippen LogP contribution in [0.2, 0.25) is 0 Å². The monoisotopic (exact) mass is 318 g/mol. The van der Waals surface area contributed by atoms with Gasteiger partial charge < -0.3 is 30.0 Å². The fourth-order valence-corrected chi connectivity index (χ4v) is 1.33. The fourth-order valence-electron chi connectivity index (χ4n) is 1.33. The first kappa shape index (κ1) is 20.4. The van der Waals surface area contributed by atoms with Crippen molar-refractivity contribution in [3.8, 4) is 0 Å². The van der Waals surface area contributed by atoms with Crippen molar-refractivity contribution in [3.05, 3.63) is 12.7 Å². The van der Waals surface area contributed by atoms with Crippen LogP contribution in [0.3, 0.4) is 0 Å². The molecule has 0 aromatic carbocycles. The predicted octanol–water partition coefficient (Wildman–Crippen LogP) is 0.214. The highest BCUT2D eigenvalue weighted by Gasteiger charge is 1.95. The van der Waals surface area contributed by atoms with Crippen LogP contribution >= 0.6 is 0 Å². The zero-order valence-corrected chi connectivity index (χ0v) is 12.9. The van der Waals surface area contributed by atoms with Crippen molar-refractivity contribution in [2.75, 3.05) is 52.8 Å². The molecule has 0 aromatic rings. The molecule has 8 nitrogen and oxygen atoms in total. The van der Waals surface area contributed by atoms with Crippen LogP contribution in [-0.2, 0) is 23.7 Å². The fraction of sp³-hybridized carbons (Fsp3) is 0.714. The Morgan fingerprint density at radius 2 is 1.45 bits per heavy atom. The second-order valence-corrected chi connectivity index (χ2v) is 4.21. The van der Waals surface area contributed by atoms with Crippen LogP contribution in [0.4, 0.5) is 4.79 Å². The molecule has 0 aliphatic carbocycles. The Morgan fingerprint density at radius 1 is 0.909 bits per heavy atom. The zero-order valence-electron chi connectivity index (χ0n) is 12.9. The van der Waals surface area contributed by atoms with Gasteiger partial charge in [0.1, 0.15) is 0 Å². The average molecular weight is 318 g/mol. The van der Waals surface area contributed by atoms with Gasteiger partial charge in [0.25, 0.3) is 0 Å². The standard InChI is InChI=1S/C14H26N2O6/c1-2-13(17)16-5-3-6-19-9-11-21-12-10-20-7-4-8-22-14(15)18/h2H,1,3-12H2,(H2,15,18)(H,16,17). The van der Waals surface area contributed by atoms with Crippen molar-refractivity contribution in [1.82, 2.24) is 5.32 Å². The van der Waals surface area contributed by atoms with E-state index in [0.717, 1.165) is 6.42 Å². The lowest BCUT2D eigenvalue weighted by molar-refractivity contribution is -0.116. The highest BCUT2D eigenvalue weighted by molar-refractivity contribution is 5.86. The first-order valence-corrected chi connectivity index (χ1v) is 7.22. The van der Waals surface area contributed by atoms with Crippen LogP contribution in [0.15, 0.2) is 12.7 Å². The SMILES string of the molecule is C=CC(=O)NCCCOCCOCCOCCCOC(N)=O. The number of nitrogens with one attached hydrogen (secondary N) is 1. The number of ether oxygens (including phenoxy) is 4. The van der Waals surface area contributed by atoms with E-state index in [4.69, 9.17) is 19.9 Å². The number of rotatable bonds is 15. The Labute approximate surface area is 130 Å². The quantitative estimate of drug-likeness (QED) is 0.330. The molecule has 0 atom stereocenters. The van der Waals surface area contributed by atoms with Gasteiger partial charge in [-0.1, -0.05) is 6.58 Å². The first-order chi connectivity index (χ1) is 10.7. The Balaban J connectivity index is 3.04. The Kier molecular flexibility index (Phi) is 14.6. The third-order valence-electron chi connectivity index (χ3n) is 2.37. The largest absolute Gasteiger partial charge is 0.450 e. The molecule has 2 amide bonds. The summed E-state index contributed by atoms with van der Waals surface area (Å²) in [5, 5.41) is 2.66. The summed E-state index contributed by atoms with van der Waals surface area (Å²) >= 11 is 0. The summed E-state index contributed by atoms with van der Waals surface area (Å²) in [5.41, 5.74) is 4.80. The summed E-state index contributed by atoms with van der Waals surface area (Å²) in [6.45, 7) is 7.20. The van der Waals surface area contributed by atoms with E-state index < -0.39 is 6.09 Å². The van der Waals surface area contributed by atoms with Crippen molar-refractivity contribution in [1.29, 1.82) is 0 Å². The molecule has 0 heterocycles. The van der Waals surface area contributed by atoms with E-state index in [-0.39, 0.29) is 12.5 Å². The highest BCUT2D eigenvalue weighted by Crippen LogP contribution is 1.87. The molecule has 0 aromatic heterocycles. The Morgan fingerprint density at radius 3 is 2.00 bits per heavy atom. The van der Waals surface area contributed by atoms with E-state index in [9.17, 15) is 9.59 Å². The van der Waals surface area contributed by atoms with Crippen LogP contribution in [0, 0.1) is 0 Å². The van der Waals surface area contributed by atoms with Crippen molar-refractivity contribution < 1.29 is 28.5 Å². The van der Waals surface area contributed by atoms with Crippen LogP contribution in [0.5, 0.6) is 0 Å². The molecule has 0 spiro atoms. The number of primary amides is 1. The van der Waals surface area contributed by atoms with Gasteiger partial charge in [-0.25, -0.2) is 4.79 Å². The molecular weight excluding hydrogens is 292 g/mol. The molecule has 0 bridgehead atoms. The summed E-state index contributed by atoms with van der Waals surface area (Å²) in [6.07, 6.45) is 1.82. The maximum absolute atomic E-state index is 10.8. The molecule has 22 heavy (non-hydrogen) atoms. The minimum Gasteiger partial charge on any atom is -0.450 e. The van der Waals surface area contributed by atoms with Crippen molar-refractivity contribution in [2.45, 2.75) is 12.8 Å². The first-order valence-electron chi connectivity index (χ1n) is 7.22. The van der Waals surface area contributed by atoms with E-state index in [1.54, 1.807) is 0 Å². The van der Waals surface area contributed by atoms with Gasteiger partial charge in [-0.2, -0.15) is 0 Å². The van der Waals surface area contributed by atoms with Crippen LogP contribution < -0.4 is 11.1 Å². The van der Waals surface area contributed by atoms with Crippen molar-refractivity contribution in [2.24, 2.45) is 5.73 Å². The van der Waals surface area contributed by atoms with Crippen molar-refractivity contribution in [3.63, 3.8) is 0 Å². The third kappa shape index (κ3) is 16.4. The van der Waals surface area contributed by atoms with E-state index >= 15 is 0 Å². The zero-order chi connectivity index (χ0) is 16.5. The van der Waals surface area contributed by atoms with E-state index in [2.05, 4.69) is 16.6 Å². The minimum absolute atomic E-state index is 0.176. The summed E-state index contributed by atoms with van der Waals surface area (Å²) in [7, 11) is 0. The van der Waals surface area contributed by atoms with E-state index in [0.29, 0.717) is 52.6 Å². The Bertz CT molecular complexity index is 312. The average Bonchev–Trinajstić information content (AvgIpc) is 2.50. The molecule has 0 aliphatic heterocycles. The molecular formula is C14H26N2O6. The third-order valence-corrected chi connectivity index (χ3v) is 2.37. The van der Waals surface area contributed by atoms with Gasteiger partial charge in [0, 0.05) is 26.2 Å². The second-order valence-electron chi connectivity index (χ2n) is 4.21. The van der Waals surface area contributed by atoms with Crippen LogP contribution in [-0.4, -0.2) is 64.8 Å². The van der Waals surface area contributed by atoms with Gasteiger partial charge >= 0.3 is 6.09 Å². The lowest BCUT2D eigenvalue weighted by Gasteiger charge is -2.07. The molecule has 8 heteroatoms. The molecule has 0 radical (unpaired) electrons. The van der Waals surface area contributed by atoms with Gasteiger partial charge in [0.05, 0.1) is 33.0 Å². The molecule has 0 unspecified atom stereocenters. The van der Waals surface area contributed by atoms with Gasteiger partial charge in [-0.3, -0.25) is 4.79 Å². The van der Waals surface area contributed by atoms with Gasteiger partial charge in [0.15, 0.2) is 0 Å². The highest BCUT2D eigenvalue weighted by atomic mass is 16.6. The number of carbonyl (C=O) groups is 2. The molecule has 0 saturated carbocycles. The van der Waals surface area contributed by atoms with Gasteiger partial charge in [0.2, 0.25) is 5.91 Å². The smallest absolute Gasteiger partial charge is 0.404 e. The summed E-state index contributed by atoms with van der Waals surface area (Å²) in [5.74, 6) is -0.176. The topological polar surface area (TPSA) is 109 Å². The maximum Gasteiger partial charge on any atom is 0.404 e. The van der Waals surface area contributed by atoms with Gasteiger partial charge in [-0.15, -0.1) is 0 Å². The molecule has 0 aliphatic rings. The van der Waals surface area contributed by atoms with Crippen molar-refractivity contribution >= 4 is 12.0 Å². The second kappa shape index (κ2) is 15.7. The number of amides is 2. The molecule has 0 fully saturated rings. The molecule has 0 saturated heterocycles. The number of nitrogens with two attached hydrogens (primary N) is 1. The van der Waals surface area contributed by atoms with E-state index in [1.807, 2.05) is 0 Å². The molecule has 128 valence electrons. The van der Waals surface area contributed by atoms with Crippen LogP contribution in [0.25, 0.3) is 0 Å². The minimum atomic E-state index is -0.772. The number of carbonyl (C=O) groups excluding carboxylic acids is 2. The summed E-state index contributed by atoms with van der Waals surface area (Å²) in [4.78, 5) is 21.1. The lowest BCUT2D eigenvalue weighted by Crippen LogP contribution is -2.23. The summed E-state index contributed by atoms with van der Waals surface area (Å²) < 4.78 is 20.4. The Hall–Kier alpha value is -1.64. The van der Waals surface area contributed by atoms with Gasteiger partial charge in [-0.05, 0) is 12.5 Å².